The quantitative estimate of drug-likeness (QED) is 0.300. The van der Waals surface area contributed by atoms with Crippen LogP contribution in [0.1, 0.15) is 94.2 Å². The lowest BCUT2D eigenvalue weighted by Gasteiger charge is -2.45. The molecular formula is C29H44O. The summed E-state index contributed by atoms with van der Waals surface area (Å²) < 4.78 is 5.99. The Bertz CT molecular complexity index is 677. The molecule has 0 bridgehead atoms. The minimum atomic E-state index is 0.499. The molecule has 0 radical (unpaired) electrons. The molecule has 0 spiro atoms. The molecule has 4 rings (SSSR count). The van der Waals surface area contributed by atoms with Gasteiger partial charge in [-0.3, -0.25) is 0 Å². The van der Waals surface area contributed by atoms with E-state index in [1.165, 1.54) is 89.9 Å². The lowest BCUT2D eigenvalue weighted by molar-refractivity contribution is -0.0137. The molecule has 0 aliphatic heterocycles. The molecule has 1 nitrogen and oxygen atoms in total. The van der Waals surface area contributed by atoms with E-state index in [0.717, 1.165) is 30.3 Å². The Morgan fingerprint density at radius 2 is 1.70 bits per heavy atom. The Morgan fingerprint density at radius 3 is 2.53 bits per heavy atom. The molecule has 2 saturated carbocycles. The van der Waals surface area contributed by atoms with Crippen LogP contribution in [-0.2, 0) is 24.0 Å². The predicted octanol–water partition coefficient (Wildman–Crippen LogP) is 7.70. The molecule has 2 fully saturated rings. The highest BCUT2D eigenvalue weighted by atomic mass is 16.5. The van der Waals surface area contributed by atoms with E-state index in [9.17, 15) is 0 Å². The van der Waals surface area contributed by atoms with Crippen LogP contribution < -0.4 is 0 Å². The van der Waals surface area contributed by atoms with E-state index < -0.39 is 0 Å². The molecule has 0 aromatic heterocycles. The van der Waals surface area contributed by atoms with Crippen LogP contribution in [0.5, 0.6) is 0 Å². The van der Waals surface area contributed by atoms with E-state index >= 15 is 0 Å². The summed E-state index contributed by atoms with van der Waals surface area (Å²) in [5.74, 6) is 3.80. The van der Waals surface area contributed by atoms with E-state index in [4.69, 9.17) is 4.74 Å². The van der Waals surface area contributed by atoms with Gasteiger partial charge in [0.05, 0.1) is 12.7 Å². The van der Waals surface area contributed by atoms with Crippen molar-refractivity contribution in [3.05, 3.63) is 47.5 Å². The highest BCUT2D eigenvalue weighted by Crippen LogP contribution is 2.47. The number of fused-ring (bicyclic) bond motifs is 2. The van der Waals surface area contributed by atoms with Crippen LogP contribution in [0.3, 0.4) is 0 Å². The monoisotopic (exact) mass is 408 g/mol. The van der Waals surface area contributed by atoms with E-state index in [1.54, 1.807) is 16.7 Å². The second-order valence-electron chi connectivity index (χ2n) is 10.6. The van der Waals surface area contributed by atoms with Crippen LogP contribution >= 0.6 is 0 Å². The fourth-order valence-corrected chi connectivity index (χ4v) is 6.82. The molecule has 1 aromatic carbocycles. The summed E-state index contributed by atoms with van der Waals surface area (Å²) in [5, 5.41) is 0. The molecule has 0 saturated heterocycles. The Kier molecular flexibility index (Phi) is 8.10. The van der Waals surface area contributed by atoms with Crippen molar-refractivity contribution in [3.63, 3.8) is 0 Å². The molecule has 0 heterocycles. The van der Waals surface area contributed by atoms with Gasteiger partial charge in [-0.25, -0.2) is 0 Å². The number of ether oxygens (including phenoxy) is 1. The summed E-state index contributed by atoms with van der Waals surface area (Å²) in [6, 6.07) is 7.48. The van der Waals surface area contributed by atoms with Gasteiger partial charge in [-0.2, -0.15) is 0 Å². The lowest BCUT2D eigenvalue weighted by atomic mass is 9.62. The standard InChI is InChI=1S/C29H44O/c1-3-5-6-7-8-22-9-10-24-19-25(12-11-23(24)18-22)26-13-14-28-21-29(30-17-4-2)16-15-27(28)20-26/h4,9-10,18,25-29H,2-3,5-8,11-17,19-21H2,1H3/t25?,26?,27-,28?,29-/m1/s1. The minimum absolute atomic E-state index is 0.499. The first kappa shape index (κ1) is 22.1. The fourth-order valence-electron chi connectivity index (χ4n) is 6.82. The van der Waals surface area contributed by atoms with Crippen molar-refractivity contribution >= 4 is 0 Å². The number of rotatable bonds is 9. The van der Waals surface area contributed by atoms with Crippen molar-refractivity contribution in [2.75, 3.05) is 6.61 Å². The summed E-state index contributed by atoms with van der Waals surface area (Å²) >= 11 is 0. The highest BCUT2D eigenvalue weighted by Gasteiger charge is 2.38. The number of unbranched alkanes of at least 4 members (excludes halogenated alkanes) is 3. The zero-order valence-electron chi connectivity index (χ0n) is 19.4. The molecule has 1 heteroatoms. The average molecular weight is 409 g/mol. The summed E-state index contributed by atoms with van der Waals surface area (Å²) in [4.78, 5) is 0. The number of aryl methyl sites for hydroxylation is 2. The normalized spacial score (nSPS) is 31.0. The first-order valence-electron chi connectivity index (χ1n) is 13.1. The SMILES string of the molecule is C=CCO[C@@H]1CC[C@@H]2CC(C3CCc4cc(CCCCCC)ccc4C3)CCC2C1. The van der Waals surface area contributed by atoms with Gasteiger partial charge < -0.3 is 4.74 Å². The highest BCUT2D eigenvalue weighted by molar-refractivity contribution is 5.34. The van der Waals surface area contributed by atoms with Gasteiger partial charge in [-0.15, -0.1) is 6.58 Å². The molecule has 5 atom stereocenters. The third-order valence-electron chi connectivity index (χ3n) is 8.58. The molecule has 3 aliphatic rings. The van der Waals surface area contributed by atoms with Gasteiger partial charge in [-0.1, -0.05) is 50.5 Å². The Labute approximate surface area is 185 Å². The molecule has 30 heavy (non-hydrogen) atoms. The number of benzene rings is 1. The average Bonchev–Trinajstić information content (AvgIpc) is 2.79. The zero-order valence-corrected chi connectivity index (χ0v) is 19.4. The van der Waals surface area contributed by atoms with Gasteiger partial charge >= 0.3 is 0 Å². The second-order valence-corrected chi connectivity index (χ2v) is 10.6. The summed E-state index contributed by atoms with van der Waals surface area (Å²) in [5.41, 5.74) is 4.93. The Morgan fingerprint density at radius 1 is 0.900 bits per heavy atom. The van der Waals surface area contributed by atoms with Crippen molar-refractivity contribution in [2.45, 2.75) is 103 Å². The fraction of sp³-hybridized carbons (Fsp3) is 0.724. The van der Waals surface area contributed by atoms with E-state index in [2.05, 4.69) is 31.7 Å². The topological polar surface area (TPSA) is 9.23 Å². The Balaban J connectivity index is 1.28. The van der Waals surface area contributed by atoms with Crippen LogP contribution in [0.25, 0.3) is 0 Å². The predicted molar refractivity (Wildman–Crippen MR) is 128 cm³/mol. The third-order valence-corrected chi connectivity index (χ3v) is 8.58. The largest absolute Gasteiger partial charge is 0.374 e. The molecular weight excluding hydrogens is 364 g/mol. The lowest BCUT2D eigenvalue weighted by Crippen LogP contribution is -2.37. The molecule has 3 unspecified atom stereocenters. The van der Waals surface area contributed by atoms with Crippen LogP contribution in [0.4, 0.5) is 0 Å². The maximum Gasteiger partial charge on any atom is 0.0648 e. The maximum atomic E-state index is 5.99. The zero-order chi connectivity index (χ0) is 20.8. The van der Waals surface area contributed by atoms with Crippen molar-refractivity contribution in [1.29, 1.82) is 0 Å². The van der Waals surface area contributed by atoms with Crippen LogP contribution in [-0.4, -0.2) is 12.7 Å². The minimum Gasteiger partial charge on any atom is -0.374 e. The van der Waals surface area contributed by atoms with Gasteiger partial charge in [0.15, 0.2) is 0 Å². The van der Waals surface area contributed by atoms with Gasteiger partial charge in [0.25, 0.3) is 0 Å². The summed E-state index contributed by atoms with van der Waals surface area (Å²) in [7, 11) is 0. The van der Waals surface area contributed by atoms with Crippen molar-refractivity contribution < 1.29 is 4.74 Å². The van der Waals surface area contributed by atoms with Gasteiger partial charge in [-0.05, 0) is 111 Å². The number of hydrogen-bond donors (Lipinski definition) is 0. The summed E-state index contributed by atoms with van der Waals surface area (Å²) in [6.45, 7) is 6.83. The summed E-state index contributed by atoms with van der Waals surface area (Å²) in [6.07, 6.45) is 21.6. The molecule has 1 aromatic rings. The van der Waals surface area contributed by atoms with Crippen LogP contribution in [0, 0.1) is 23.7 Å². The van der Waals surface area contributed by atoms with E-state index in [1.807, 2.05) is 6.08 Å². The van der Waals surface area contributed by atoms with Crippen molar-refractivity contribution in [3.8, 4) is 0 Å². The van der Waals surface area contributed by atoms with E-state index in [-0.39, 0.29) is 0 Å². The molecule has 0 amide bonds. The third kappa shape index (κ3) is 5.58. The van der Waals surface area contributed by atoms with Crippen molar-refractivity contribution in [1.82, 2.24) is 0 Å². The van der Waals surface area contributed by atoms with Gasteiger partial charge in [0.1, 0.15) is 0 Å². The van der Waals surface area contributed by atoms with E-state index in [0.29, 0.717) is 6.10 Å². The van der Waals surface area contributed by atoms with Crippen molar-refractivity contribution in [2.24, 2.45) is 23.7 Å². The smallest absolute Gasteiger partial charge is 0.0648 e. The molecule has 166 valence electrons. The van der Waals surface area contributed by atoms with Gasteiger partial charge in [0.2, 0.25) is 0 Å². The van der Waals surface area contributed by atoms with Crippen LogP contribution in [0.2, 0.25) is 0 Å². The van der Waals surface area contributed by atoms with Gasteiger partial charge in [0, 0.05) is 0 Å². The first-order valence-corrected chi connectivity index (χ1v) is 13.1. The second kappa shape index (κ2) is 11.0. The number of hydrogen-bond acceptors (Lipinski definition) is 1. The van der Waals surface area contributed by atoms with Crippen LogP contribution in [0.15, 0.2) is 30.9 Å². The molecule has 3 aliphatic carbocycles. The first-order chi connectivity index (χ1) is 14.8. The molecule has 0 N–H and O–H groups in total. The maximum absolute atomic E-state index is 5.99. The Hall–Kier alpha value is -1.08.